The normalized spacial score (nSPS) is 15.6. The summed E-state index contributed by atoms with van der Waals surface area (Å²) in [5.74, 6) is 0.580. The Bertz CT molecular complexity index is 331. The molecule has 0 radical (unpaired) electrons. The highest BCUT2D eigenvalue weighted by Crippen LogP contribution is 2.41. The highest BCUT2D eigenvalue weighted by atomic mass is 19.1. The van der Waals surface area contributed by atoms with E-state index in [1.54, 1.807) is 12.1 Å². The molecular formula is C13H18FN. The molecule has 1 aromatic rings. The van der Waals surface area contributed by atoms with E-state index in [0.29, 0.717) is 5.92 Å². The molecule has 0 atom stereocenters. The van der Waals surface area contributed by atoms with Crippen LogP contribution in [-0.2, 0) is 6.54 Å². The summed E-state index contributed by atoms with van der Waals surface area (Å²) in [6, 6.07) is 5.21. The summed E-state index contributed by atoms with van der Waals surface area (Å²) in [4.78, 5) is 0. The number of halogens is 1. The Balaban J connectivity index is 2.08. The first-order valence-corrected chi connectivity index (χ1v) is 5.80. The van der Waals surface area contributed by atoms with E-state index in [1.165, 1.54) is 18.4 Å². The van der Waals surface area contributed by atoms with E-state index >= 15 is 0 Å². The molecular weight excluding hydrogens is 189 g/mol. The van der Waals surface area contributed by atoms with Crippen LogP contribution in [0.2, 0.25) is 0 Å². The van der Waals surface area contributed by atoms with Crippen LogP contribution >= 0.6 is 0 Å². The van der Waals surface area contributed by atoms with Gasteiger partial charge in [-0.05, 0) is 55.0 Å². The molecule has 2 heteroatoms. The maximum atomic E-state index is 13.1. The van der Waals surface area contributed by atoms with Gasteiger partial charge in [-0.2, -0.15) is 0 Å². The van der Waals surface area contributed by atoms with Crippen LogP contribution < -0.4 is 5.32 Å². The lowest BCUT2D eigenvalue weighted by atomic mass is 10.0. The van der Waals surface area contributed by atoms with E-state index in [9.17, 15) is 4.39 Å². The molecule has 0 aliphatic heterocycles. The van der Waals surface area contributed by atoms with Crippen molar-refractivity contribution >= 4 is 0 Å². The van der Waals surface area contributed by atoms with Crippen LogP contribution in [0.3, 0.4) is 0 Å². The zero-order chi connectivity index (χ0) is 10.7. The van der Waals surface area contributed by atoms with E-state index < -0.39 is 0 Å². The molecule has 0 aromatic heterocycles. The predicted molar refractivity (Wildman–Crippen MR) is 60.4 cm³/mol. The lowest BCUT2D eigenvalue weighted by molar-refractivity contribution is 0.616. The van der Waals surface area contributed by atoms with Crippen molar-refractivity contribution < 1.29 is 4.39 Å². The number of hydrogen-bond acceptors (Lipinski definition) is 1. The van der Waals surface area contributed by atoms with Crippen molar-refractivity contribution in [3.05, 3.63) is 35.1 Å². The van der Waals surface area contributed by atoms with Crippen LogP contribution in [-0.4, -0.2) is 6.54 Å². The molecule has 0 amide bonds. The van der Waals surface area contributed by atoms with Gasteiger partial charge in [0.05, 0.1) is 0 Å². The minimum absolute atomic E-state index is 0.118. The maximum Gasteiger partial charge on any atom is 0.123 e. The van der Waals surface area contributed by atoms with Crippen molar-refractivity contribution in [1.82, 2.24) is 5.32 Å². The second-order valence-electron chi connectivity index (χ2n) is 4.29. The third-order valence-electron chi connectivity index (χ3n) is 2.86. The topological polar surface area (TPSA) is 12.0 Å². The smallest absolute Gasteiger partial charge is 0.123 e. The zero-order valence-corrected chi connectivity index (χ0v) is 9.22. The van der Waals surface area contributed by atoms with Crippen LogP contribution in [0.15, 0.2) is 18.2 Å². The van der Waals surface area contributed by atoms with Crippen LogP contribution in [0, 0.1) is 5.82 Å². The van der Waals surface area contributed by atoms with Crippen LogP contribution in [0.25, 0.3) is 0 Å². The van der Waals surface area contributed by atoms with E-state index in [2.05, 4.69) is 12.2 Å². The van der Waals surface area contributed by atoms with Gasteiger partial charge in [0, 0.05) is 6.54 Å². The summed E-state index contributed by atoms with van der Waals surface area (Å²) in [5.41, 5.74) is 2.49. The predicted octanol–water partition coefficient (Wildman–Crippen LogP) is 3.20. The van der Waals surface area contributed by atoms with Crippen molar-refractivity contribution in [2.75, 3.05) is 6.54 Å². The standard InChI is InChI=1S/C13H18FN/c1-2-7-15-9-11-8-12(14)5-6-13(11)10-3-4-10/h5-6,8,10,15H,2-4,7,9H2,1H3. The molecule has 1 saturated carbocycles. The van der Waals surface area contributed by atoms with Crippen molar-refractivity contribution in [1.29, 1.82) is 0 Å². The van der Waals surface area contributed by atoms with Gasteiger partial charge in [-0.1, -0.05) is 13.0 Å². The largest absolute Gasteiger partial charge is 0.313 e. The third-order valence-corrected chi connectivity index (χ3v) is 2.86. The monoisotopic (exact) mass is 207 g/mol. The molecule has 0 saturated heterocycles. The average molecular weight is 207 g/mol. The Labute approximate surface area is 90.7 Å². The number of hydrogen-bond donors (Lipinski definition) is 1. The Hall–Kier alpha value is -0.890. The van der Waals surface area contributed by atoms with E-state index in [4.69, 9.17) is 0 Å². The summed E-state index contributed by atoms with van der Waals surface area (Å²) in [7, 11) is 0. The second kappa shape index (κ2) is 4.75. The first kappa shape index (κ1) is 10.6. The van der Waals surface area contributed by atoms with Crippen molar-refractivity contribution in [2.24, 2.45) is 0 Å². The molecule has 0 spiro atoms. The molecule has 15 heavy (non-hydrogen) atoms. The van der Waals surface area contributed by atoms with Crippen LogP contribution in [0.5, 0.6) is 0 Å². The van der Waals surface area contributed by atoms with E-state index in [0.717, 1.165) is 25.1 Å². The quantitative estimate of drug-likeness (QED) is 0.731. The highest BCUT2D eigenvalue weighted by Gasteiger charge is 2.25. The van der Waals surface area contributed by atoms with E-state index in [1.807, 2.05) is 6.07 Å². The minimum Gasteiger partial charge on any atom is -0.313 e. The summed E-state index contributed by atoms with van der Waals surface area (Å²) < 4.78 is 13.1. The maximum absolute atomic E-state index is 13.1. The fourth-order valence-electron chi connectivity index (χ4n) is 1.92. The Morgan fingerprint density at radius 3 is 2.87 bits per heavy atom. The summed E-state index contributed by atoms with van der Waals surface area (Å²) in [6.45, 7) is 3.94. The Morgan fingerprint density at radius 1 is 1.40 bits per heavy atom. The van der Waals surface area contributed by atoms with Crippen molar-refractivity contribution in [2.45, 2.75) is 38.6 Å². The number of nitrogens with one attached hydrogen (secondary N) is 1. The molecule has 0 bridgehead atoms. The second-order valence-corrected chi connectivity index (χ2v) is 4.29. The molecule has 1 fully saturated rings. The van der Waals surface area contributed by atoms with Gasteiger partial charge in [-0.25, -0.2) is 4.39 Å². The molecule has 1 nitrogen and oxygen atoms in total. The molecule has 82 valence electrons. The Kier molecular flexibility index (Phi) is 3.37. The van der Waals surface area contributed by atoms with Gasteiger partial charge >= 0.3 is 0 Å². The summed E-state index contributed by atoms with van der Waals surface area (Å²) in [5, 5.41) is 3.33. The number of rotatable bonds is 5. The lowest BCUT2D eigenvalue weighted by Gasteiger charge is -2.09. The Morgan fingerprint density at radius 2 is 2.20 bits per heavy atom. The highest BCUT2D eigenvalue weighted by molar-refractivity contribution is 5.33. The van der Waals surface area contributed by atoms with E-state index in [-0.39, 0.29) is 5.82 Å². The van der Waals surface area contributed by atoms with Gasteiger partial charge in [0.1, 0.15) is 5.82 Å². The van der Waals surface area contributed by atoms with Gasteiger partial charge in [0.15, 0.2) is 0 Å². The molecule has 1 aliphatic carbocycles. The molecule has 0 unspecified atom stereocenters. The van der Waals surface area contributed by atoms with Crippen molar-refractivity contribution in [3.8, 4) is 0 Å². The average Bonchev–Trinajstić information content (AvgIpc) is 3.02. The van der Waals surface area contributed by atoms with Crippen LogP contribution in [0.4, 0.5) is 4.39 Å². The first-order valence-electron chi connectivity index (χ1n) is 5.80. The molecule has 2 rings (SSSR count). The fourth-order valence-corrected chi connectivity index (χ4v) is 1.92. The summed E-state index contributed by atoms with van der Waals surface area (Å²) in [6.07, 6.45) is 3.66. The molecule has 0 heterocycles. The first-order chi connectivity index (χ1) is 7.31. The van der Waals surface area contributed by atoms with Gasteiger partial charge in [-0.15, -0.1) is 0 Å². The third kappa shape index (κ3) is 2.78. The molecule has 1 aliphatic rings. The molecule has 1 N–H and O–H groups in total. The number of benzene rings is 1. The molecule has 1 aromatic carbocycles. The van der Waals surface area contributed by atoms with Gasteiger partial charge < -0.3 is 5.32 Å². The van der Waals surface area contributed by atoms with Gasteiger partial charge in [0.2, 0.25) is 0 Å². The zero-order valence-electron chi connectivity index (χ0n) is 9.22. The van der Waals surface area contributed by atoms with Crippen molar-refractivity contribution in [3.63, 3.8) is 0 Å². The minimum atomic E-state index is -0.118. The fraction of sp³-hybridized carbons (Fsp3) is 0.538. The lowest BCUT2D eigenvalue weighted by Crippen LogP contribution is -2.15. The SMILES string of the molecule is CCCNCc1cc(F)ccc1C1CC1. The summed E-state index contributed by atoms with van der Waals surface area (Å²) >= 11 is 0. The van der Waals surface area contributed by atoms with Gasteiger partial charge in [0.25, 0.3) is 0 Å². The van der Waals surface area contributed by atoms with Gasteiger partial charge in [-0.3, -0.25) is 0 Å². The van der Waals surface area contributed by atoms with Crippen LogP contribution in [0.1, 0.15) is 43.2 Å².